The highest BCUT2D eigenvalue weighted by molar-refractivity contribution is 5.70. The lowest BCUT2D eigenvalue weighted by Crippen LogP contribution is -2.65. The molecule has 3 unspecified atom stereocenters. The topological polar surface area (TPSA) is 46.5 Å². The molecule has 0 bridgehead atoms. The van der Waals surface area contributed by atoms with Crippen molar-refractivity contribution < 1.29 is 19.1 Å². The fourth-order valence-corrected chi connectivity index (χ4v) is 3.99. The fraction of sp³-hybridized carbons (Fsp3) is 0.929. The highest BCUT2D eigenvalue weighted by atomic mass is 16.5. The summed E-state index contributed by atoms with van der Waals surface area (Å²) in [4.78, 5) is 11.9. The zero-order chi connectivity index (χ0) is 13.0. The summed E-state index contributed by atoms with van der Waals surface area (Å²) in [5, 5.41) is 9.56. The van der Waals surface area contributed by atoms with E-state index in [0.717, 1.165) is 36.8 Å². The van der Waals surface area contributed by atoms with Crippen LogP contribution in [0.15, 0.2) is 0 Å². The minimum absolute atomic E-state index is 0.0667. The molecule has 0 amide bonds. The smallest absolute Gasteiger partial charge is 0.361 e. The number of hydrogen-bond acceptors (Lipinski definition) is 3. The number of esters is 1. The number of nitrogens with zero attached hydrogens (tertiary/aromatic N) is 1. The Morgan fingerprint density at radius 3 is 2.78 bits per heavy atom. The van der Waals surface area contributed by atoms with Crippen LogP contribution in [0.2, 0.25) is 0 Å². The minimum atomic E-state index is -0.0667. The van der Waals surface area contributed by atoms with E-state index >= 15 is 0 Å². The van der Waals surface area contributed by atoms with Crippen LogP contribution < -0.4 is 0 Å². The molecule has 1 N–H and O–H groups in total. The number of piperidine rings is 2. The molecule has 0 spiro atoms. The van der Waals surface area contributed by atoms with Gasteiger partial charge in [-0.15, -0.1) is 0 Å². The van der Waals surface area contributed by atoms with Gasteiger partial charge in [-0.3, -0.25) is 0 Å². The van der Waals surface area contributed by atoms with Gasteiger partial charge in [-0.2, -0.15) is 0 Å². The Labute approximate surface area is 110 Å². The number of rotatable bonds is 4. The lowest BCUT2D eigenvalue weighted by Gasteiger charge is -2.52. The summed E-state index contributed by atoms with van der Waals surface area (Å²) in [7, 11) is 0. The fourth-order valence-electron chi connectivity index (χ4n) is 3.99. The summed E-state index contributed by atoms with van der Waals surface area (Å²) in [6.07, 6.45) is 5.84. The van der Waals surface area contributed by atoms with Crippen LogP contribution in [0.25, 0.3) is 0 Å². The van der Waals surface area contributed by atoms with E-state index in [4.69, 9.17) is 4.74 Å². The molecule has 18 heavy (non-hydrogen) atoms. The van der Waals surface area contributed by atoms with E-state index in [9.17, 15) is 9.90 Å². The van der Waals surface area contributed by atoms with Crippen molar-refractivity contribution in [1.29, 1.82) is 0 Å². The minimum Gasteiger partial charge on any atom is -0.462 e. The molecule has 4 heteroatoms. The van der Waals surface area contributed by atoms with E-state index in [1.54, 1.807) is 0 Å². The Morgan fingerprint density at radius 2 is 2.06 bits per heavy atom. The highest BCUT2D eigenvalue weighted by Crippen LogP contribution is 2.37. The van der Waals surface area contributed by atoms with E-state index in [-0.39, 0.29) is 12.6 Å². The second kappa shape index (κ2) is 6.02. The molecular weight excluding hydrogens is 230 g/mol. The molecule has 2 rings (SSSR count). The van der Waals surface area contributed by atoms with Gasteiger partial charge in [0, 0.05) is 12.3 Å². The third-order valence-electron chi connectivity index (χ3n) is 4.76. The third kappa shape index (κ3) is 2.69. The Hall–Kier alpha value is -0.610. The number of fused-ring (bicyclic) bond motifs is 1. The second-order valence-electron chi connectivity index (χ2n) is 5.78. The van der Waals surface area contributed by atoms with Gasteiger partial charge >= 0.3 is 5.97 Å². The number of ether oxygens (including phenoxy) is 1. The average Bonchev–Trinajstić information content (AvgIpc) is 2.37. The monoisotopic (exact) mass is 256 g/mol. The molecule has 0 aromatic heterocycles. The molecule has 0 aliphatic carbocycles. The molecule has 2 aliphatic rings. The lowest BCUT2D eigenvalue weighted by molar-refractivity contribution is -0.958. The SMILES string of the molecule is CCOC(=O)C[N+]12CCCCC1C(CO)CCC2. The van der Waals surface area contributed by atoms with E-state index in [1.807, 2.05) is 6.92 Å². The number of carbonyl (C=O) groups excluding carboxylic acids is 1. The Balaban J connectivity index is 2.11. The van der Waals surface area contributed by atoms with Crippen LogP contribution in [0, 0.1) is 5.92 Å². The maximum atomic E-state index is 11.9. The molecule has 0 radical (unpaired) electrons. The summed E-state index contributed by atoms with van der Waals surface area (Å²) >= 11 is 0. The summed E-state index contributed by atoms with van der Waals surface area (Å²) in [6.45, 7) is 5.27. The number of aliphatic hydroxyl groups is 1. The van der Waals surface area contributed by atoms with Gasteiger partial charge in [0.15, 0.2) is 6.54 Å². The first-order valence-corrected chi connectivity index (χ1v) is 7.34. The molecule has 2 fully saturated rings. The van der Waals surface area contributed by atoms with Gasteiger partial charge in [-0.25, -0.2) is 4.79 Å². The van der Waals surface area contributed by atoms with Crippen molar-refractivity contribution in [3.63, 3.8) is 0 Å². The largest absolute Gasteiger partial charge is 0.462 e. The standard InChI is InChI=1S/C14H26NO3/c1-2-18-14(17)10-15-8-4-3-7-13(15)12(11-16)6-5-9-15/h12-13,16H,2-11H2,1H3/q+1. The van der Waals surface area contributed by atoms with Gasteiger partial charge in [0.05, 0.1) is 32.3 Å². The summed E-state index contributed by atoms with van der Waals surface area (Å²) < 4.78 is 6.02. The van der Waals surface area contributed by atoms with Gasteiger partial charge in [0.1, 0.15) is 0 Å². The number of quaternary nitrogens is 1. The van der Waals surface area contributed by atoms with Crippen LogP contribution in [0.5, 0.6) is 0 Å². The molecule has 2 saturated heterocycles. The molecule has 0 aromatic rings. The molecular formula is C14H26NO3+. The maximum absolute atomic E-state index is 11.9. The molecule has 104 valence electrons. The van der Waals surface area contributed by atoms with Gasteiger partial charge < -0.3 is 14.3 Å². The van der Waals surface area contributed by atoms with Crippen molar-refractivity contribution in [2.24, 2.45) is 5.92 Å². The molecule has 2 heterocycles. The molecule has 2 aliphatic heterocycles. The number of aliphatic hydroxyl groups excluding tert-OH is 1. The van der Waals surface area contributed by atoms with Crippen LogP contribution in [0.3, 0.4) is 0 Å². The van der Waals surface area contributed by atoms with Crippen LogP contribution in [0.1, 0.15) is 39.0 Å². The normalized spacial score (nSPS) is 35.9. The maximum Gasteiger partial charge on any atom is 0.361 e. The number of hydrogen-bond donors (Lipinski definition) is 1. The summed E-state index contributed by atoms with van der Waals surface area (Å²) in [5.41, 5.74) is 0. The van der Waals surface area contributed by atoms with Crippen molar-refractivity contribution >= 4 is 5.97 Å². The quantitative estimate of drug-likeness (QED) is 0.609. The second-order valence-corrected chi connectivity index (χ2v) is 5.78. The van der Waals surface area contributed by atoms with Crippen molar-refractivity contribution in [3.8, 4) is 0 Å². The molecule has 0 aromatic carbocycles. The van der Waals surface area contributed by atoms with Crippen LogP contribution in [0.4, 0.5) is 0 Å². The molecule has 3 atom stereocenters. The van der Waals surface area contributed by atoms with E-state index in [1.165, 1.54) is 12.8 Å². The van der Waals surface area contributed by atoms with Crippen LogP contribution >= 0.6 is 0 Å². The van der Waals surface area contributed by atoms with Crippen molar-refractivity contribution in [3.05, 3.63) is 0 Å². The first-order chi connectivity index (χ1) is 8.72. The lowest BCUT2D eigenvalue weighted by atomic mass is 9.81. The Morgan fingerprint density at radius 1 is 1.28 bits per heavy atom. The number of carbonyl (C=O) groups is 1. The van der Waals surface area contributed by atoms with Gasteiger partial charge in [-0.05, 0) is 32.6 Å². The summed E-state index contributed by atoms with van der Waals surface area (Å²) in [6, 6.07) is 0.474. The highest BCUT2D eigenvalue weighted by Gasteiger charge is 2.47. The van der Waals surface area contributed by atoms with Crippen LogP contribution in [-0.4, -0.2) is 54.4 Å². The van der Waals surface area contributed by atoms with Crippen molar-refractivity contribution in [2.75, 3.05) is 32.8 Å². The van der Waals surface area contributed by atoms with E-state index in [2.05, 4.69) is 0 Å². The predicted molar refractivity (Wildman–Crippen MR) is 68.9 cm³/mol. The molecule has 0 saturated carbocycles. The zero-order valence-electron chi connectivity index (χ0n) is 11.4. The van der Waals surface area contributed by atoms with Crippen molar-refractivity contribution in [1.82, 2.24) is 0 Å². The molecule has 4 nitrogen and oxygen atoms in total. The summed E-state index contributed by atoms with van der Waals surface area (Å²) in [5.74, 6) is 0.316. The Bertz CT molecular complexity index is 291. The van der Waals surface area contributed by atoms with E-state index in [0.29, 0.717) is 25.1 Å². The Kier molecular flexibility index (Phi) is 4.62. The third-order valence-corrected chi connectivity index (χ3v) is 4.76. The van der Waals surface area contributed by atoms with Gasteiger partial charge in [-0.1, -0.05) is 0 Å². The van der Waals surface area contributed by atoms with Crippen molar-refractivity contribution in [2.45, 2.75) is 45.1 Å². The first-order valence-electron chi connectivity index (χ1n) is 7.34. The van der Waals surface area contributed by atoms with E-state index < -0.39 is 0 Å². The van der Waals surface area contributed by atoms with Crippen LogP contribution in [-0.2, 0) is 9.53 Å². The predicted octanol–water partition coefficient (Wildman–Crippen LogP) is 1.32. The van der Waals surface area contributed by atoms with Gasteiger partial charge in [0.2, 0.25) is 0 Å². The average molecular weight is 256 g/mol. The van der Waals surface area contributed by atoms with Gasteiger partial charge in [0.25, 0.3) is 0 Å². The first kappa shape index (κ1) is 13.8. The zero-order valence-corrected chi connectivity index (χ0v) is 11.4.